The highest BCUT2D eigenvalue weighted by molar-refractivity contribution is 5.76. The fourth-order valence-electron chi connectivity index (χ4n) is 2.99. The van der Waals surface area contributed by atoms with E-state index >= 15 is 0 Å². The van der Waals surface area contributed by atoms with Crippen LogP contribution in [-0.4, -0.2) is 37.8 Å². The first-order chi connectivity index (χ1) is 14.0. The molecular weight excluding hydrogens is 385 g/mol. The lowest BCUT2D eigenvalue weighted by Gasteiger charge is -2.19. The molecule has 3 aromatic heterocycles. The molecule has 0 spiro atoms. The number of hydrogen-bond acceptors (Lipinski definition) is 5. The van der Waals surface area contributed by atoms with Crippen molar-refractivity contribution in [1.29, 1.82) is 0 Å². The normalized spacial score (nSPS) is 12.4. The first-order valence-corrected chi connectivity index (χ1v) is 8.81. The molecule has 1 atom stereocenters. The smallest absolute Gasteiger partial charge is 0.272 e. The maximum absolute atomic E-state index is 13.8. The number of fused-ring (bicyclic) bond motifs is 1. The summed E-state index contributed by atoms with van der Waals surface area (Å²) in [7, 11) is 0. The lowest BCUT2D eigenvalue weighted by molar-refractivity contribution is 0.0813. The minimum Gasteiger partial charge on any atom is -0.487 e. The summed E-state index contributed by atoms with van der Waals surface area (Å²) in [5.74, 6) is 0.218. The number of H-pyrrole nitrogens is 1. The van der Waals surface area contributed by atoms with Crippen molar-refractivity contribution in [3.63, 3.8) is 0 Å². The van der Waals surface area contributed by atoms with Gasteiger partial charge >= 0.3 is 0 Å². The van der Waals surface area contributed by atoms with Gasteiger partial charge in [0.2, 0.25) is 0 Å². The van der Waals surface area contributed by atoms with Crippen LogP contribution in [0.3, 0.4) is 0 Å². The lowest BCUT2D eigenvalue weighted by atomic mass is 10.1. The zero-order valence-corrected chi connectivity index (χ0v) is 15.3. The highest BCUT2D eigenvalue weighted by atomic mass is 19.3. The van der Waals surface area contributed by atoms with Gasteiger partial charge in [0.15, 0.2) is 5.65 Å². The third kappa shape index (κ3) is 4.00. The molecule has 0 aliphatic rings. The van der Waals surface area contributed by atoms with Gasteiger partial charge in [0.05, 0.1) is 18.4 Å². The number of aromatic amines is 1. The van der Waals surface area contributed by atoms with Crippen molar-refractivity contribution in [2.45, 2.75) is 19.4 Å². The Morgan fingerprint density at radius 3 is 2.86 bits per heavy atom. The molecule has 0 aliphatic heterocycles. The highest BCUT2D eigenvalue weighted by Gasteiger charge is 2.16. The summed E-state index contributed by atoms with van der Waals surface area (Å²) < 4.78 is 45.5. The maximum atomic E-state index is 13.8. The van der Waals surface area contributed by atoms with Crippen LogP contribution in [0.5, 0.6) is 5.75 Å². The average molecular weight is 402 g/mol. The fourth-order valence-corrected chi connectivity index (χ4v) is 2.99. The van der Waals surface area contributed by atoms with Crippen molar-refractivity contribution in [3.8, 4) is 16.9 Å². The van der Waals surface area contributed by atoms with Crippen LogP contribution >= 0.6 is 0 Å². The van der Waals surface area contributed by atoms with E-state index in [9.17, 15) is 13.2 Å². The molecule has 0 radical (unpaired) electrons. The molecule has 0 saturated heterocycles. The predicted molar refractivity (Wildman–Crippen MR) is 101 cm³/mol. The Labute approximate surface area is 163 Å². The van der Waals surface area contributed by atoms with Gasteiger partial charge in [0.1, 0.15) is 24.0 Å². The summed E-state index contributed by atoms with van der Waals surface area (Å²) >= 11 is 0. The van der Waals surface area contributed by atoms with Crippen molar-refractivity contribution in [2.75, 3.05) is 11.9 Å². The second kappa shape index (κ2) is 7.82. The standard InChI is InChI=1S/C19H17F3N6O/c1-11(14-6-13(20)2-3-16(14)29-10-17(21)22)26-18-4-5-28-19(27-18)15(9-25-28)12-7-23-24-8-12/h2-9,11,17H,10H2,1H3,(H,23,24)(H,26,27)/t11-/m1/s1. The third-order valence-electron chi connectivity index (χ3n) is 4.35. The molecule has 0 amide bonds. The van der Waals surface area contributed by atoms with Crippen LogP contribution < -0.4 is 10.1 Å². The molecule has 4 rings (SSSR count). The van der Waals surface area contributed by atoms with Gasteiger partial charge in [0.25, 0.3) is 6.43 Å². The van der Waals surface area contributed by atoms with Gasteiger partial charge < -0.3 is 10.1 Å². The molecule has 150 valence electrons. The Balaban J connectivity index is 1.61. The number of rotatable bonds is 7. The average Bonchev–Trinajstić information content (AvgIpc) is 3.36. The monoisotopic (exact) mass is 402 g/mol. The van der Waals surface area contributed by atoms with Gasteiger partial charge in [-0.3, -0.25) is 5.10 Å². The van der Waals surface area contributed by atoms with E-state index in [0.29, 0.717) is 17.0 Å². The zero-order valence-electron chi connectivity index (χ0n) is 15.3. The van der Waals surface area contributed by atoms with Gasteiger partial charge in [-0.25, -0.2) is 22.7 Å². The predicted octanol–water partition coefficient (Wildman–Crippen LogP) is 4.08. The number of ether oxygens (including phenoxy) is 1. The van der Waals surface area contributed by atoms with E-state index in [1.54, 1.807) is 42.3 Å². The Bertz CT molecular complexity index is 1110. The number of nitrogens with one attached hydrogen (secondary N) is 2. The fraction of sp³-hybridized carbons (Fsp3) is 0.211. The van der Waals surface area contributed by atoms with Crippen molar-refractivity contribution in [2.24, 2.45) is 0 Å². The van der Waals surface area contributed by atoms with E-state index in [0.717, 1.165) is 11.1 Å². The SMILES string of the molecule is C[C@@H](Nc1ccn2ncc(-c3cn[nH]c3)c2n1)c1cc(F)ccc1OCC(F)F. The molecule has 10 heteroatoms. The summed E-state index contributed by atoms with van der Waals surface area (Å²) in [6.07, 6.45) is 4.20. The van der Waals surface area contributed by atoms with E-state index in [-0.39, 0.29) is 5.75 Å². The molecule has 0 saturated carbocycles. The molecule has 2 N–H and O–H groups in total. The van der Waals surface area contributed by atoms with E-state index in [4.69, 9.17) is 4.74 Å². The number of alkyl halides is 2. The van der Waals surface area contributed by atoms with Gasteiger partial charge in [0, 0.05) is 29.1 Å². The molecule has 29 heavy (non-hydrogen) atoms. The molecule has 1 aromatic carbocycles. The third-order valence-corrected chi connectivity index (χ3v) is 4.35. The molecule has 0 aliphatic carbocycles. The lowest BCUT2D eigenvalue weighted by Crippen LogP contribution is -2.13. The minimum atomic E-state index is -2.62. The van der Waals surface area contributed by atoms with Crippen LogP contribution in [-0.2, 0) is 0 Å². The number of benzene rings is 1. The molecule has 4 aromatic rings. The molecule has 0 bridgehead atoms. The minimum absolute atomic E-state index is 0.191. The van der Waals surface area contributed by atoms with Gasteiger partial charge in [-0.15, -0.1) is 0 Å². The molecular formula is C19H17F3N6O. The van der Waals surface area contributed by atoms with Crippen LogP contribution in [0.4, 0.5) is 19.0 Å². The van der Waals surface area contributed by atoms with Crippen LogP contribution in [0.15, 0.2) is 49.1 Å². The summed E-state index contributed by atoms with van der Waals surface area (Å²) in [5.41, 5.74) is 2.65. The van der Waals surface area contributed by atoms with Crippen LogP contribution in [0.2, 0.25) is 0 Å². The quantitative estimate of drug-likeness (QED) is 0.487. The van der Waals surface area contributed by atoms with Crippen molar-refractivity contribution in [3.05, 3.63) is 60.4 Å². The van der Waals surface area contributed by atoms with Gasteiger partial charge in [-0.1, -0.05) is 0 Å². The number of nitrogens with zero attached hydrogens (tertiary/aromatic N) is 4. The van der Waals surface area contributed by atoms with Crippen molar-refractivity contribution in [1.82, 2.24) is 24.8 Å². The van der Waals surface area contributed by atoms with E-state index in [1.165, 1.54) is 18.2 Å². The Kier molecular flexibility index (Phi) is 5.07. The van der Waals surface area contributed by atoms with Crippen LogP contribution in [0.1, 0.15) is 18.5 Å². The number of anilines is 1. The second-order valence-corrected chi connectivity index (χ2v) is 6.38. The largest absolute Gasteiger partial charge is 0.487 e. The number of halogens is 3. The molecule has 0 unspecified atom stereocenters. The second-order valence-electron chi connectivity index (χ2n) is 6.38. The highest BCUT2D eigenvalue weighted by Crippen LogP contribution is 2.29. The van der Waals surface area contributed by atoms with E-state index < -0.39 is 24.9 Å². The van der Waals surface area contributed by atoms with Crippen molar-refractivity contribution < 1.29 is 17.9 Å². The molecule has 0 fully saturated rings. The first kappa shape index (κ1) is 18.8. The van der Waals surface area contributed by atoms with E-state index in [1.807, 2.05) is 0 Å². The molecule has 7 nitrogen and oxygen atoms in total. The number of hydrogen-bond donors (Lipinski definition) is 2. The maximum Gasteiger partial charge on any atom is 0.272 e. The summed E-state index contributed by atoms with van der Waals surface area (Å²) in [6, 6.07) is 5.04. The van der Waals surface area contributed by atoms with Crippen LogP contribution in [0.25, 0.3) is 16.8 Å². The van der Waals surface area contributed by atoms with Crippen LogP contribution in [0, 0.1) is 5.82 Å². The molecule has 3 heterocycles. The first-order valence-electron chi connectivity index (χ1n) is 8.81. The van der Waals surface area contributed by atoms with E-state index in [2.05, 4.69) is 25.6 Å². The number of aromatic nitrogens is 5. The summed E-state index contributed by atoms with van der Waals surface area (Å²) in [4.78, 5) is 4.58. The summed E-state index contributed by atoms with van der Waals surface area (Å²) in [5, 5.41) is 14.1. The summed E-state index contributed by atoms with van der Waals surface area (Å²) in [6.45, 7) is 1.00. The topological polar surface area (TPSA) is 80.1 Å². The Morgan fingerprint density at radius 1 is 1.24 bits per heavy atom. The Morgan fingerprint density at radius 2 is 2.10 bits per heavy atom. The zero-order chi connectivity index (χ0) is 20.4. The van der Waals surface area contributed by atoms with Gasteiger partial charge in [-0.2, -0.15) is 10.2 Å². The van der Waals surface area contributed by atoms with Gasteiger partial charge in [-0.05, 0) is 31.2 Å². The van der Waals surface area contributed by atoms with Crippen molar-refractivity contribution >= 4 is 11.5 Å². The Hall–Kier alpha value is -3.56.